The van der Waals surface area contributed by atoms with Gasteiger partial charge in [0.15, 0.2) is 5.82 Å². The lowest BCUT2D eigenvalue weighted by Crippen LogP contribution is -2.42. The SMILES string of the molecule is C[C@H](C(=O)N(C)C)N(C)Cc1cnc(-c2ccccn2)nc1. The minimum absolute atomic E-state index is 0.0773. The Morgan fingerprint density at radius 3 is 2.36 bits per heavy atom. The van der Waals surface area contributed by atoms with E-state index in [4.69, 9.17) is 0 Å². The lowest BCUT2D eigenvalue weighted by molar-refractivity contribution is -0.133. The van der Waals surface area contributed by atoms with Crippen molar-refractivity contribution in [3.8, 4) is 11.5 Å². The molecule has 22 heavy (non-hydrogen) atoms. The van der Waals surface area contributed by atoms with E-state index in [1.54, 1.807) is 37.6 Å². The van der Waals surface area contributed by atoms with Gasteiger partial charge in [-0.3, -0.25) is 14.7 Å². The second kappa shape index (κ2) is 7.09. The largest absolute Gasteiger partial charge is 0.347 e. The summed E-state index contributed by atoms with van der Waals surface area (Å²) in [7, 11) is 5.44. The van der Waals surface area contributed by atoms with Crippen LogP contribution in [0.25, 0.3) is 11.5 Å². The first-order valence-corrected chi connectivity index (χ1v) is 7.12. The van der Waals surface area contributed by atoms with Crippen molar-refractivity contribution >= 4 is 5.91 Å². The Balaban J connectivity index is 2.04. The van der Waals surface area contributed by atoms with Crippen LogP contribution in [0.5, 0.6) is 0 Å². The zero-order valence-electron chi connectivity index (χ0n) is 13.4. The Labute approximate surface area is 130 Å². The molecule has 1 atom stereocenters. The quantitative estimate of drug-likeness (QED) is 0.836. The molecular weight excluding hydrogens is 278 g/mol. The van der Waals surface area contributed by atoms with Crippen molar-refractivity contribution < 1.29 is 4.79 Å². The second-order valence-corrected chi connectivity index (χ2v) is 5.45. The van der Waals surface area contributed by atoms with E-state index < -0.39 is 0 Å². The highest BCUT2D eigenvalue weighted by Crippen LogP contribution is 2.11. The van der Waals surface area contributed by atoms with Gasteiger partial charge in [-0.1, -0.05) is 6.07 Å². The molecule has 0 N–H and O–H groups in total. The fourth-order valence-electron chi connectivity index (χ4n) is 2.05. The van der Waals surface area contributed by atoms with Crippen LogP contribution in [0.2, 0.25) is 0 Å². The first kappa shape index (κ1) is 16.0. The average Bonchev–Trinajstić information content (AvgIpc) is 2.54. The third-order valence-corrected chi connectivity index (χ3v) is 3.49. The molecule has 0 unspecified atom stereocenters. The molecule has 0 spiro atoms. The van der Waals surface area contributed by atoms with Crippen molar-refractivity contribution in [3.63, 3.8) is 0 Å². The molecule has 0 bridgehead atoms. The molecule has 6 nitrogen and oxygen atoms in total. The summed E-state index contributed by atoms with van der Waals surface area (Å²) in [5.41, 5.74) is 1.71. The highest BCUT2D eigenvalue weighted by atomic mass is 16.2. The maximum Gasteiger partial charge on any atom is 0.239 e. The molecule has 2 heterocycles. The Morgan fingerprint density at radius 2 is 1.82 bits per heavy atom. The molecule has 6 heteroatoms. The van der Waals surface area contributed by atoms with Crippen LogP contribution < -0.4 is 0 Å². The van der Waals surface area contributed by atoms with Crippen molar-refractivity contribution in [1.82, 2.24) is 24.8 Å². The first-order chi connectivity index (χ1) is 10.5. The van der Waals surface area contributed by atoms with E-state index in [2.05, 4.69) is 15.0 Å². The molecule has 0 radical (unpaired) electrons. The monoisotopic (exact) mass is 299 g/mol. The van der Waals surface area contributed by atoms with E-state index >= 15 is 0 Å². The van der Waals surface area contributed by atoms with E-state index in [0.29, 0.717) is 12.4 Å². The third-order valence-electron chi connectivity index (χ3n) is 3.49. The van der Waals surface area contributed by atoms with Gasteiger partial charge in [0.1, 0.15) is 5.69 Å². The molecule has 0 aliphatic heterocycles. The fourth-order valence-corrected chi connectivity index (χ4v) is 2.05. The van der Waals surface area contributed by atoms with Gasteiger partial charge in [0.25, 0.3) is 0 Å². The summed E-state index contributed by atoms with van der Waals surface area (Å²) in [5, 5.41) is 0. The van der Waals surface area contributed by atoms with Gasteiger partial charge in [0.05, 0.1) is 6.04 Å². The lowest BCUT2D eigenvalue weighted by atomic mass is 10.2. The normalized spacial score (nSPS) is 12.2. The van der Waals surface area contributed by atoms with Crippen molar-refractivity contribution in [2.75, 3.05) is 21.1 Å². The van der Waals surface area contributed by atoms with Crippen molar-refractivity contribution in [1.29, 1.82) is 0 Å². The van der Waals surface area contributed by atoms with Crippen LogP contribution in [-0.2, 0) is 11.3 Å². The van der Waals surface area contributed by atoms with Gasteiger partial charge >= 0.3 is 0 Å². The summed E-state index contributed by atoms with van der Waals surface area (Å²) in [4.78, 5) is 28.4. The van der Waals surface area contributed by atoms with Crippen LogP contribution in [-0.4, -0.2) is 57.8 Å². The van der Waals surface area contributed by atoms with Crippen LogP contribution in [0.4, 0.5) is 0 Å². The summed E-state index contributed by atoms with van der Waals surface area (Å²) >= 11 is 0. The maximum absolute atomic E-state index is 12.0. The number of hydrogen-bond acceptors (Lipinski definition) is 5. The van der Waals surface area contributed by atoms with Gasteiger partial charge in [0.2, 0.25) is 5.91 Å². The number of aromatic nitrogens is 3. The van der Waals surface area contributed by atoms with Crippen molar-refractivity contribution in [3.05, 3.63) is 42.4 Å². The molecule has 0 aromatic carbocycles. The van der Waals surface area contributed by atoms with E-state index in [1.165, 1.54) is 0 Å². The smallest absolute Gasteiger partial charge is 0.239 e. The number of rotatable bonds is 5. The summed E-state index contributed by atoms with van der Waals surface area (Å²) in [5.74, 6) is 0.679. The van der Waals surface area contributed by atoms with E-state index in [0.717, 1.165) is 11.3 Å². The molecule has 2 aromatic rings. The molecule has 0 fully saturated rings. The Kier molecular flexibility index (Phi) is 5.16. The van der Waals surface area contributed by atoms with Gasteiger partial charge in [-0.05, 0) is 26.1 Å². The van der Waals surface area contributed by atoms with Gasteiger partial charge in [-0.25, -0.2) is 9.97 Å². The zero-order chi connectivity index (χ0) is 16.1. The standard InChI is InChI=1S/C16H21N5O/c1-12(16(22)20(2)3)21(4)11-13-9-18-15(19-10-13)14-7-5-6-8-17-14/h5-10,12H,11H2,1-4H3/t12-/m1/s1. The molecule has 0 aliphatic rings. The van der Waals surface area contributed by atoms with Crippen LogP contribution in [0.1, 0.15) is 12.5 Å². The predicted octanol–water partition coefficient (Wildman–Crippen LogP) is 1.45. The maximum atomic E-state index is 12.0. The Morgan fingerprint density at radius 1 is 1.14 bits per heavy atom. The number of likely N-dealkylation sites (N-methyl/N-ethyl adjacent to an activating group) is 2. The summed E-state index contributed by atoms with van der Waals surface area (Å²) in [6.45, 7) is 2.51. The average molecular weight is 299 g/mol. The summed E-state index contributed by atoms with van der Waals surface area (Å²) in [6, 6.07) is 5.45. The second-order valence-electron chi connectivity index (χ2n) is 5.45. The highest BCUT2D eigenvalue weighted by molar-refractivity contribution is 5.80. The van der Waals surface area contributed by atoms with Gasteiger partial charge in [-0.2, -0.15) is 0 Å². The lowest BCUT2D eigenvalue weighted by Gasteiger charge is -2.26. The molecule has 0 aliphatic carbocycles. The third kappa shape index (κ3) is 3.85. The van der Waals surface area contributed by atoms with Crippen LogP contribution >= 0.6 is 0 Å². The Hall–Kier alpha value is -2.34. The molecule has 2 rings (SSSR count). The molecular formula is C16H21N5O. The minimum atomic E-state index is -0.189. The predicted molar refractivity (Wildman–Crippen MR) is 84.9 cm³/mol. The minimum Gasteiger partial charge on any atom is -0.347 e. The van der Waals surface area contributed by atoms with Gasteiger partial charge in [-0.15, -0.1) is 0 Å². The summed E-state index contributed by atoms with van der Waals surface area (Å²) in [6.07, 6.45) is 5.27. The number of amides is 1. The van der Waals surface area contributed by atoms with Crippen LogP contribution in [0.3, 0.4) is 0 Å². The number of pyridine rings is 1. The number of carbonyl (C=O) groups is 1. The number of carbonyl (C=O) groups excluding carboxylic acids is 1. The molecule has 116 valence electrons. The number of hydrogen-bond donors (Lipinski definition) is 0. The topological polar surface area (TPSA) is 62.2 Å². The summed E-state index contributed by atoms with van der Waals surface area (Å²) < 4.78 is 0. The molecule has 2 aromatic heterocycles. The molecule has 1 amide bonds. The van der Waals surface area contributed by atoms with Crippen LogP contribution in [0, 0.1) is 0 Å². The van der Waals surface area contributed by atoms with Crippen molar-refractivity contribution in [2.24, 2.45) is 0 Å². The first-order valence-electron chi connectivity index (χ1n) is 7.12. The molecule has 0 saturated carbocycles. The molecule has 0 saturated heterocycles. The number of nitrogens with zero attached hydrogens (tertiary/aromatic N) is 5. The van der Waals surface area contributed by atoms with Crippen LogP contribution in [0.15, 0.2) is 36.8 Å². The highest BCUT2D eigenvalue weighted by Gasteiger charge is 2.19. The zero-order valence-corrected chi connectivity index (χ0v) is 13.4. The van der Waals surface area contributed by atoms with Gasteiger partial charge < -0.3 is 4.90 Å². The van der Waals surface area contributed by atoms with E-state index in [-0.39, 0.29) is 11.9 Å². The Bertz CT molecular complexity index is 612. The fraction of sp³-hybridized carbons (Fsp3) is 0.375. The van der Waals surface area contributed by atoms with Crippen molar-refractivity contribution in [2.45, 2.75) is 19.5 Å². The van der Waals surface area contributed by atoms with E-state index in [9.17, 15) is 4.79 Å². The van der Waals surface area contributed by atoms with E-state index in [1.807, 2.05) is 37.1 Å². The van der Waals surface area contributed by atoms with Gasteiger partial charge in [0, 0.05) is 44.8 Å².